The second kappa shape index (κ2) is 10.8. The Morgan fingerprint density at radius 3 is 1.77 bits per heavy atom. The van der Waals surface area contributed by atoms with E-state index in [4.69, 9.17) is 9.47 Å². The van der Waals surface area contributed by atoms with E-state index in [1.165, 1.54) is 0 Å². The largest absolute Gasteiger partial charge is 0.456 e. The summed E-state index contributed by atoms with van der Waals surface area (Å²) in [4.78, 5) is 28.6. The van der Waals surface area contributed by atoms with E-state index in [0.717, 1.165) is 93.5 Å². The average molecular weight is 676 g/mol. The minimum absolute atomic E-state index is 0.111. The molecule has 0 amide bonds. The summed E-state index contributed by atoms with van der Waals surface area (Å²) in [6.07, 6.45) is 0. The number of hydrogen-bond donors (Lipinski definition) is 0. The first-order valence-corrected chi connectivity index (χ1v) is 17.6. The molecule has 2 aromatic heterocycles. The molecule has 0 fully saturated rings. The van der Waals surface area contributed by atoms with Crippen molar-refractivity contribution in [2.45, 2.75) is 34.6 Å². The average Bonchev–Trinajstić information content (AvgIpc) is 3.13. The standard InChI is InChI=1S/C47H33NO4/c1-24-15-19-35-33(21-24)37(49)23-36-30-17-18-32-42-38(51-45-25(2)9-6-10-26(45)3)20-16-29-13-8-14-31(40(29)42)43-39(52-46-27(4)11-7-12-28(46)5)22-34(41(30)44(32)43)47(50)48(35)36/h6-23H,1-5H3. The molecule has 0 aliphatic carbocycles. The van der Waals surface area contributed by atoms with Crippen LogP contribution in [0.15, 0.2) is 119 Å². The van der Waals surface area contributed by atoms with Crippen LogP contribution in [0.4, 0.5) is 0 Å². The van der Waals surface area contributed by atoms with Gasteiger partial charge in [-0.1, -0.05) is 84.4 Å². The lowest BCUT2D eigenvalue weighted by molar-refractivity contribution is 0.480. The SMILES string of the molecule is Cc1ccc2c(c1)c(=O)cc1c3ccc4c5c(Oc6c(C)cccc6C)ccc6cccc(c7c(Oc8c(C)cccc8C)cc(c(=O)n21)c3c47)c65. The summed E-state index contributed by atoms with van der Waals surface area (Å²) in [5, 5.41) is 9.57. The van der Waals surface area contributed by atoms with Crippen molar-refractivity contribution in [3.8, 4) is 23.0 Å². The molecule has 0 saturated heterocycles. The molecular formula is C47H33NO4. The van der Waals surface area contributed by atoms with Crippen molar-refractivity contribution in [3.63, 3.8) is 0 Å². The number of aromatic nitrogens is 1. The van der Waals surface area contributed by atoms with Crippen molar-refractivity contribution in [2.24, 2.45) is 0 Å². The number of benzene rings is 8. The Kier molecular flexibility index (Phi) is 6.29. The first-order chi connectivity index (χ1) is 25.2. The Labute approximate surface area is 298 Å². The summed E-state index contributed by atoms with van der Waals surface area (Å²) >= 11 is 0. The predicted molar refractivity (Wildman–Crippen MR) is 214 cm³/mol. The van der Waals surface area contributed by atoms with Crippen molar-refractivity contribution in [1.29, 1.82) is 0 Å². The first kappa shape index (κ1) is 30.4. The predicted octanol–water partition coefficient (Wildman–Crippen LogP) is 11.6. The Morgan fingerprint density at radius 2 is 1.06 bits per heavy atom. The van der Waals surface area contributed by atoms with E-state index in [2.05, 4.69) is 68.4 Å². The van der Waals surface area contributed by atoms with Gasteiger partial charge in [-0.25, -0.2) is 0 Å². The second-order valence-corrected chi connectivity index (χ2v) is 14.3. The van der Waals surface area contributed by atoms with Crippen molar-refractivity contribution in [3.05, 3.63) is 158 Å². The maximum absolute atomic E-state index is 15.0. The lowest BCUT2D eigenvalue weighted by atomic mass is 9.86. The lowest BCUT2D eigenvalue weighted by Crippen LogP contribution is -2.18. The molecule has 5 nitrogen and oxygen atoms in total. The highest BCUT2D eigenvalue weighted by molar-refractivity contribution is 6.39. The van der Waals surface area contributed by atoms with Gasteiger partial charge in [0.1, 0.15) is 23.0 Å². The fourth-order valence-electron chi connectivity index (χ4n) is 8.52. The second-order valence-electron chi connectivity index (χ2n) is 14.3. The van der Waals surface area contributed by atoms with Crippen LogP contribution in [0, 0.1) is 34.6 Å². The molecule has 0 atom stereocenters. The molecule has 10 aromatic rings. The molecule has 8 aromatic carbocycles. The number of pyridine rings is 2. The smallest absolute Gasteiger partial charge is 0.263 e. The van der Waals surface area contributed by atoms with Gasteiger partial charge in [0, 0.05) is 43.8 Å². The topological polar surface area (TPSA) is 57.0 Å². The molecule has 2 heterocycles. The Hall–Kier alpha value is -6.46. The molecular weight excluding hydrogens is 643 g/mol. The van der Waals surface area contributed by atoms with Crippen molar-refractivity contribution >= 4 is 70.3 Å². The molecule has 0 aliphatic heterocycles. The van der Waals surface area contributed by atoms with Gasteiger partial charge in [-0.3, -0.25) is 14.0 Å². The summed E-state index contributed by atoms with van der Waals surface area (Å²) in [5.41, 5.74) is 5.94. The summed E-state index contributed by atoms with van der Waals surface area (Å²) < 4.78 is 15.6. The van der Waals surface area contributed by atoms with E-state index in [9.17, 15) is 9.59 Å². The van der Waals surface area contributed by atoms with Gasteiger partial charge in [0.25, 0.3) is 5.56 Å². The fraction of sp³-hybridized carbons (Fsp3) is 0.106. The van der Waals surface area contributed by atoms with E-state index >= 15 is 0 Å². The zero-order chi connectivity index (χ0) is 35.6. The minimum atomic E-state index is -0.199. The van der Waals surface area contributed by atoms with Crippen LogP contribution in [0.2, 0.25) is 0 Å². The van der Waals surface area contributed by atoms with Crippen LogP contribution in [0.1, 0.15) is 27.8 Å². The number of ether oxygens (including phenoxy) is 2. The third kappa shape index (κ3) is 4.11. The molecule has 0 spiro atoms. The van der Waals surface area contributed by atoms with E-state index in [0.29, 0.717) is 27.6 Å². The minimum Gasteiger partial charge on any atom is -0.456 e. The van der Waals surface area contributed by atoms with Crippen LogP contribution in [0.25, 0.3) is 70.3 Å². The number of hydrogen-bond acceptors (Lipinski definition) is 4. The zero-order valence-corrected chi connectivity index (χ0v) is 29.5. The molecule has 0 unspecified atom stereocenters. The first-order valence-electron chi connectivity index (χ1n) is 17.6. The van der Waals surface area contributed by atoms with Crippen LogP contribution in [-0.4, -0.2) is 4.40 Å². The van der Waals surface area contributed by atoms with Crippen LogP contribution in [0.5, 0.6) is 23.0 Å². The number of fused-ring (bicyclic) bond motifs is 6. The molecule has 250 valence electrons. The Bertz CT molecular complexity index is 3240. The number of para-hydroxylation sites is 2. The van der Waals surface area contributed by atoms with Gasteiger partial charge in [-0.2, -0.15) is 0 Å². The third-order valence-electron chi connectivity index (χ3n) is 10.9. The maximum atomic E-state index is 15.0. The Balaban J connectivity index is 1.45. The van der Waals surface area contributed by atoms with Crippen LogP contribution >= 0.6 is 0 Å². The van der Waals surface area contributed by atoms with Crippen LogP contribution in [-0.2, 0) is 0 Å². The van der Waals surface area contributed by atoms with Gasteiger partial charge in [0.05, 0.1) is 16.4 Å². The highest BCUT2D eigenvalue weighted by Gasteiger charge is 2.25. The van der Waals surface area contributed by atoms with Crippen molar-refractivity contribution in [2.75, 3.05) is 0 Å². The number of nitrogens with zero attached hydrogens (tertiary/aromatic N) is 1. The van der Waals surface area contributed by atoms with E-state index in [1.807, 2.05) is 69.3 Å². The van der Waals surface area contributed by atoms with E-state index in [-0.39, 0.29) is 11.0 Å². The van der Waals surface area contributed by atoms with E-state index < -0.39 is 0 Å². The molecule has 0 saturated carbocycles. The molecule has 52 heavy (non-hydrogen) atoms. The fourth-order valence-corrected chi connectivity index (χ4v) is 8.52. The maximum Gasteiger partial charge on any atom is 0.263 e. The molecule has 0 radical (unpaired) electrons. The highest BCUT2D eigenvalue weighted by atomic mass is 16.5. The third-order valence-corrected chi connectivity index (χ3v) is 10.9. The normalized spacial score (nSPS) is 12.1. The van der Waals surface area contributed by atoms with Crippen molar-refractivity contribution < 1.29 is 9.47 Å². The molecule has 10 rings (SSSR count). The molecule has 0 N–H and O–H groups in total. The van der Waals surface area contributed by atoms with Gasteiger partial charge in [0.15, 0.2) is 5.43 Å². The lowest BCUT2D eigenvalue weighted by Gasteiger charge is -2.23. The molecule has 0 aliphatic rings. The van der Waals surface area contributed by atoms with Crippen LogP contribution < -0.4 is 20.5 Å². The van der Waals surface area contributed by atoms with Crippen molar-refractivity contribution in [1.82, 2.24) is 4.40 Å². The summed E-state index contributed by atoms with van der Waals surface area (Å²) in [6, 6.07) is 36.2. The number of aryl methyl sites for hydroxylation is 5. The molecule has 5 heteroatoms. The quantitative estimate of drug-likeness (QED) is 0.138. The van der Waals surface area contributed by atoms with E-state index in [1.54, 1.807) is 10.5 Å². The summed E-state index contributed by atoms with van der Waals surface area (Å²) in [7, 11) is 0. The summed E-state index contributed by atoms with van der Waals surface area (Å²) in [6.45, 7) is 10.2. The van der Waals surface area contributed by atoms with Gasteiger partial charge in [-0.05, 0) is 97.3 Å². The molecule has 0 bridgehead atoms. The van der Waals surface area contributed by atoms with Gasteiger partial charge < -0.3 is 9.47 Å². The number of rotatable bonds is 4. The zero-order valence-electron chi connectivity index (χ0n) is 29.5. The van der Waals surface area contributed by atoms with Gasteiger partial charge in [0.2, 0.25) is 0 Å². The van der Waals surface area contributed by atoms with Gasteiger partial charge >= 0.3 is 0 Å². The van der Waals surface area contributed by atoms with Gasteiger partial charge in [-0.15, -0.1) is 0 Å². The van der Waals surface area contributed by atoms with Crippen LogP contribution in [0.3, 0.4) is 0 Å². The summed E-state index contributed by atoms with van der Waals surface area (Å²) in [5.74, 6) is 2.94. The highest BCUT2D eigenvalue weighted by Crippen LogP contribution is 2.51. The Morgan fingerprint density at radius 1 is 0.442 bits per heavy atom. The monoisotopic (exact) mass is 675 g/mol.